The lowest BCUT2D eigenvalue weighted by Gasteiger charge is -2.17. The summed E-state index contributed by atoms with van der Waals surface area (Å²) in [5.41, 5.74) is 5.62. The highest BCUT2D eigenvalue weighted by Gasteiger charge is 2.21. The third-order valence-corrected chi connectivity index (χ3v) is 4.36. The fraction of sp³-hybridized carbons (Fsp3) is 0.278. The van der Waals surface area contributed by atoms with E-state index < -0.39 is 0 Å². The van der Waals surface area contributed by atoms with Gasteiger partial charge in [0, 0.05) is 12.1 Å². The number of nitrogens with zero attached hydrogens (tertiary/aromatic N) is 2. The number of aryl methyl sites for hydroxylation is 2. The van der Waals surface area contributed by atoms with Crippen LogP contribution >= 0.6 is 0 Å². The number of fused-ring (bicyclic) bond motifs is 1. The first-order valence-corrected chi connectivity index (χ1v) is 7.38. The monoisotopic (exact) mass is 262 g/mol. The van der Waals surface area contributed by atoms with Gasteiger partial charge in [0.25, 0.3) is 0 Å². The van der Waals surface area contributed by atoms with Gasteiger partial charge in [-0.1, -0.05) is 36.4 Å². The van der Waals surface area contributed by atoms with Gasteiger partial charge in [-0.15, -0.1) is 0 Å². The molecule has 2 nitrogen and oxygen atoms in total. The van der Waals surface area contributed by atoms with Crippen LogP contribution in [0, 0.1) is 0 Å². The molecule has 2 aliphatic rings. The van der Waals surface area contributed by atoms with Crippen LogP contribution in [0.15, 0.2) is 53.6 Å². The van der Waals surface area contributed by atoms with Crippen LogP contribution in [0.3, 0.4) is 0 Å². The predicted molar refractivity (Wildman–Crippen MR) is 83.5 cm³/mol. The molecule has 1 unspecified atom stereocenters. The normalized spacial score (nSPS) is 20.4. The molecule has 2 aromatic rings. The Labute approximate surface area is 119 Å². The third-order valence-electron chi connectivity index (χ3n) is 4.36. The van der Waals surface area contributed by atoms with Crippen molar-refractivity contribution in [1.29, 1.82) is 0 Å². The summed E-state index contributed by atoms with van der Waals surface area (Å²) < 4.78 is 0. The van der Waals surface area contributed by atoms with Gasteiger partial charge in [-0.2, -0.15) is 5.10 Å². The van der Waals surface area contributed by atoms with Crippen molar-refractivity contribution < 1.29 is 0 Å². The number of hydrazone groups is 1. The van der Waals surface area contributed by atoms with Crippen LogP contribution in [-0.2, 0) is 12.8 Å². The van der Waals surface area contributed by atoms with Gasteiger partial charge in [-0.3, -0.25) is 5.01 Å². The minimum Gasteiger partial charge on any atom is -0.265 e. The molecule has 0 spiro atoms. The van der Waals surface area contributed by atoms with Gasteiger partial charge < -0.3 is 0 Å². The summed E-state index contributed by atoms with van der Waals surface area (Å²) in [7, 11) is 0. The van der Waals surface area contributed by atoms with Crippen LogP contribution in [0.1, 0.15) is 29.0 Å². The molecule has 1 atom stereocenters. The van der Waals surface area contributed by atoms with Gasteiger partial charge in [0.05, 0.1) is 12.2 Å². The molecule has 100 valence electrons. The van der Waals surface area contributed by atoms with E-state index in [1.54, 1.807) is 0 Å². The Bertz CT molecular complexity index is 646. The molecule has 1 aliphatic carbocycles. The molecular formula is C18H18N2. The lowest BCUT2D eigenvalue weighted by molar-refractivity contribution is 0.851. The maximum atomic E-state index is 4.60. The molecule has 0 amide bonds. The average Bonchev–Trinajstić information content (AvgIpc) is 3.16. The molecule has 0 bridgehead atoms. The second kappa shape index (κ2) is 4.78. The number of benzene rings is 2. The van der Waals surface area contributed by atoms with Gasteiger partial charge in [-0.25, -0.2) is 0 Å². The van der Waals surface area contributed by atoms with Gasteiger partial charge in [0.1, 0.15) is 0 Å². The van der Waals surface area contributed by atoms with E-state index in [9.17, 15) is 0 Å². The lowest BCUT2D eigenvalue weighted by Crippen LogP contribution is -2.16. The molecule has 1 heterocycles. The molecule has 2 aromatic carbocycles. The van der Waals surface area contributed by atoms with Crippen LogP contribution in [0.4, 0.5) is 5.69 Å². The smallest absolute Gasteiger partial charge is 0.0597 e. The summed E-state index contributed by atoms with van der Waals surface area (Å²) in [6, 6.07) is 17.5. The van der Waals surface area contributed by atoms with Gasteiger partial charge >= 0.3 is 0 Å². The van der Waals surface area contributed by atoms with Crippen molar-refractivity contribution in [2.24, 2.45) is 5.10 Å². The molecule has 0 N–H and O–H groups in total. The zero-order valence-electron chi connectivity index (χ0n) is 11.5. The summed E-state index contributed by atoms with van der Waals surface area (Å²) in [5, 5.41) is 6.73. The summed E-state index contributed by atoms with van der Waals surface area (Å²) >= 11 is 0. The lowest BCUT2D eigenvalue weighted by atomic mass is 10.0. The molecule has 1 aliphatic heterocycles. The Kier molecular flexibility index (Phi) is 2.80. The van der Waals surface area contributed by atoms with Crippen LogP contribution in [0.25, 0.3) is 0 Å². The summed E-state index contributed by atoms with van der Waals surface area (Å²) in [4.78, 5) is 0. The highest BCUT2D eigenvalue weighted by molar-refractivity contribution is 5.74. The zero-order chi connectivity index (χ0) is 13.4. The first kappa shape index (κ1) is 11.7. The highest BCUT2D eigenvalue weighted by Crippen LogP contribution is 2.30. The molecule has 2 heteroatoms. The van der Waals surface area contributed by atoms with E-state index in [0.717, 1.165) is 6.54 Å². The van der Waals surface area contributed by atoms with E-state index in [1.807, 2.05) is 0 Å². The Morgan fingerprint density at radius 3 is 2.70 bits per heavy atom. The standard InChI is InChI=1S/C18H18N2/c1-2-5-14(6-3-1)17-12-19-20(13-17)18-10-9-15-7-4-8-16(15)11-18/h1-3,5-6,9-12,17H,4,7-8,13H2. The fourth-order valence-electron chi connectivity index (χ4n) is 3.22. The maximum absolute atomic E-state index is 4.60. The molecule has 0 saturated carbocycles. The van der Waals surface area contributed by atoms with Crippen molar-refractivity contribution in [3.05, 3.63) is 65.2 Å². The number of hydrogen-bond donors (Lipinski definition) is 0. The topological polar surface area (TPSA) is 15.6 Å². The number of hydrogen-bond acceptors (Lipinski definition) is 2. The van der Waals surface area contributed by atoms with E-state index in [0.29, 0.717) is 5.92 Å². The molecule has 0 saturated heterocycles. The van der Waals surface area contributed by atoms with Crippen LogP contribution in [0.5, 0.6) is 0 Å². The van der Waals surface area contributed by atoms with Crippen LogP contribution in [-0.4, -0.2) is 12.8 Å². The predicted octanol–water partition coefficient (Wildman–Crippen LogP) is 3.76. The maximum Gasteiger partial charge on any atom is 0.0597 e. The van der Waals surface area contributed by atoms with Crippen molar-refractivity contribution in [1.82, 2.24) is 0 Å². The van der Waals surface area contributed by atoms with Gasteiger partial charge in [0.2, 0.25) is 0 Å². The van der Waals surface area contributed by atoms with E-state index in [4.69, 9.17) is 0 Å². The van der Waals surface area contributed by atoms with Gasteiger partial charge in [0.15, 0.2) is 0 Å². The number of rotatable bonds is 2. The minimum absolute atomic E-state index is 0.407. The Hall–Kier alpha value is -2.09. The van der Waals surface area contributed by atoms with Crippen molar-refractivity contribution >= 4 is 11.9 Å². The SMILES string of the molecule is C1=NN(c2ccc3c(c2)CCC3)CC1c1ccccc1. The Morgan fingerprint density at radius 2 is 1.80 bits per heavy atom. The van der Waals surface area contributed by atoms with Crippen LogP contribution < -0.4 is 5.01 Å². The summed E-state index contributed by atoms with van der Waals surface area (Å²) in [5.74, 6) is 0.407. The average molecular weight is 262 g/mol. The van der Waals surface area contributed by atoms with Gasteiger partial charge in [-0.05, 0) is 48.1 Å². The van der Waals surface area contributed by atoms with E-state index >= 15 is 0 Å². The second-order valence-electron chi connectivity index (χ2n) is 5.67. The van der Waals surface area contributed by atoms with Crippen molar-refractivity contribution in [3.63, 3.8) is 0 Å². The van der Waals surface area contributed by atoms with E-state index in [1.165, 1.54) is 41.6 Å². The van der Waals surface area contributed by atoms with Crippen molar-refractivity contribution in [3.8, 4) is 0 Å². The van der Waals surface area contributed by atoms with Crippen molar-refractivity contribution in [2.75, 3.05) is 11.6 Å². The molecule has 20 heavy (non-hydrogen) atoms. The fourth-order valence-corrected chi connectivity index (χ4v) is 3.22. The second-order valence-corrected chi connectivity index (χ2v) is 5.67. The molecule has 4 rings (SSSR count). The Balaban J connectivity index is 1.56. The molecule has 0 fully saturated rings. The largest absolute Gasteiger partial charge is 0.265 e. The first-order chi connectivity index (χ1) is 9.90. The minimum atomic E-state index is 0.407. The summed E-state index contributed by atoms with van der Waals surface area (Å²) in [6.07, 6.45) is 5.84. The Morgan fingerprint density at radius 1 is 0.950 bits per heavy atom. The molecule has 0 radical (unpaired) electrons. The number of anilines is 1. The zero-order valence-corrected chi connectivity index (χ0v) is 11.5. The molecular weight excluding hydrogens is 244 g/mol. The summed E-state index contributed by atoms with van der Waals surface area (Å²) in [6.45, 7) is 0.947. The van der Waals surface area contributed by atoms with Crippen molar-refractivity contribution in [2.45, 2.75) is 25.2 Å². The first-order valence-electron chi connectivity index (χ1n) is 7.38. The third kappa shape index (κ3) is 2.01. The van der Waals surface area contributed by atoms with E-state index in [-0.39, 0.29) is 0 Å². The quantitative estimate of drug-likeness (QED) is 0.804. The van der Waals surface area contributed by atoms with E-state index in [2.05, 4.69) is 64.9 Å². The molecule has 0 aromatic heterocycles. The highest BCUT2D eigenvalue weighted by atomic mass is 15.5. The van der Waals surface area contributed by atoms with Crippen LogP contribution in [0.2, 0.25) is 0 Å².